The fraction of sp³-hybridized carbons (Fsp3) is 0.455. The van der Waals surface area contributed by atoms with Gasteiger partial charge in [-0.25, -0.2) is 0 Å². The Morgan fingerprint density at radius 3 is 2.80 bits per heavy atom. The van der Waals surface area contributed by atoms with Crippen molar-refractivity contribution in [3.05, 3.63) is 65.2 Å². The summed E-state index contributed by atoms with van der Waals surface area (Å²) in [6.07, 6.45) is 5.38. The van der Waals surface area contributed by atoms with E-state index in [4.69, 9.17) is 0 Å². The van der Waals surface area contributed by atoms with Crippen molar-refractivity contribution < 1.29 is 5.11 Å². The molecule has 0 radical (unpaired) electrons. The first-order valence-electron chi connectivity index (χ1n) is 9.45. The van der Waals surface area contributed by atoms with Crippen LogP contribution in [-0.4, -0.2) is 23.4 Å². The zero-order valence-corrected chi connectivity index (χ0v) is 15.9. The third-order valence-corrected chi connectivity index (χ3v) is 6.15. The zero-order chi connectivity index (χ0) is 17.5. The quantitative estimate of drug-likeness (QED) is 0.670. The molecule has 2 nitrogen and oxygen atoms in total. The number of hydrogen-bond donors (Lipinski definition) is 2. The average Bonchev–Trinajstić information content (AvgIpc) is 2.67. The van der Waals surface area contributed by atoms with Crippen LogP contribution in [0.15, 0.2) is 53.4 Å². The zero-order valence-electron chi connectivity index (χ0n) is 15.1. The summed E-state index contributed by atoms with van der Waals surface area (Å²) >= 11 is 1.94. The number of hydrogen-bond acceptors (Lipinski definition) is 3. The van der Waals surface area contributed by atoms with E-state index in [9.17, 15) is 5.11 Å². The lowest BCUT2D eigenvalue weighted by Gasteiger charge is -2.23. The number of aliphatic hydroxyl groups is 1. The van der Waals surface area contributed by atoms with Gasteiger partial charge in [-0.15, -0.1) is 11.8 Å². The maximum atomic E-state index is 10.7. The second-order valence-electron chi connectivity index (χ2n) is 6.95. The van der Waals surface area contributed by atoms with Gasteiger partial charge in [0.15, 0.2) is 0 Å². The number of rotatable bonds is 8. The van der Waals surface area contributed by atoms with Crippen LogP contribution in [0.4, 0.5) is 0 Å². The third-order valence-electron chi connectivity index (χ3n) is 4.95. The molecule has 0 fully saturated rings. The molecule has 134 valence electrons. The van der Waals surface area contributed by atoms with Gasteiger partial charge in [-0.3, -0.25) is 0 Å². The van der Waals surface area contributed by atoms with E-state index in [1.165, 1.54) is 34.6 Å². The normalized spacial score (nSPS) is 16.2. The van der Waals surface area contributed by atoms with Gasteiger partial charge in [-0.2, -0.15) is 0 Å². The minimum Gasteiger partial charge on any atom is -0.387 e. The van der Waals surface area contributed by atoms with Crippen molar-refractivity contribution in [3.63, 3.8) is 0 Å². The predicted octanol–water partition coefficient (Wildman–Crippen LogP) is 4.76. The van der Waals surface area contributed by atoms with Crippen LogP contribution in [0.5, 0.6) is 0 Å². The van der Waals surface area contributed by atoms with Crippen molar-refractivity contribution >= 4 is 11.8 Å². The van der Waals surface area contributed by atoms with Gasteiger partial charge in [0.25, 0.3) is 0 Å². The van der Waals surface area contributed by atoms with Crippen LogP contribution in [0.1, 0.15) is 49.0 Å². The first-order valence-corrected chi connectivity index (χ1v) is 10.4. The minimum absolute atomic E-state index is 0.0750. The molecule has 2 N–H and O–H groups in total. The highest BCUT2D eigenvalue weighted by atomic mass is 32.2. The van der Waals surface area contributed by atoms with E-state index in [1.807, 2.05) is 11.8 Å². The molecule has 2 aromatic rings. The molecule has 3 rings (SSSR count). The number of thioether (sulfide) groups is 1. The Morgan fingerprint density at radius 1 is 1.12 bits per heavy atom. The van der Waals surface area contributed by atoms with Gasteiger partial charge in [-0.1, -0.05) is 42.5 Å². The van der Waals surface area contributed by atoms with Gasteiger partial charge in [0.2, 0.25) is 0 Å². The van der Waals surface area contributed by atoms with Gasteiger partial charge < -0.3 is 10.4 Å². The number of aliphatic hydroxyl groups excluding tert-OH is 1. The molecule has 1 heterocycles. The topological polar surface area (TPSA) is 32.3 Å². The molecule has 2 aromatic carbocycles. The molecule has 1 aliphatic rings. The number of benzene rings is 2. The smallest absolute Gasteiger partial charge is 0.0940 e. The summed E-state index contributed by atoms with van der Waals surface area (Å²) in [6.45, 7) is 3.03. The molecule has 0 spiro atoms. The lowest BCUT2D eigenvalue weighted by atomic mass is 9.99. The number of fused-ring (bicyclic) bond motifs is 1. The van der Waals surface area contributed by atoms with Crippen molar-refractivity contribution in [2.24, 2.45) is 0 Å². The van der Waals surface area contributed by atoms with Crippen molar-refractivity contribution in [2.45, 2.75) is 56.1 Å². The lowest BCUT2D eigenvalue weighted by Crippen LogP contribution is -2.33. The Morgan fingerprint density at radius 2 is 1.96 bits per heavy atom. The van der Waals surface area contributed by atoms with Crippen LogP contribution >= 0.6 is 11.8 Å². The molecule has 0 bridgehead atoms. The lowest BCUT2D eigenvalue weighted by molar-refractivity contribution is 0.136. The second kappa shape index (κ2) is 9.42. The van der Waals surface area contributed by atoms with Crippen molar-refractivity contribution in [2.75, 3.05) is 12.3 Å². The summed E-state index contributed by atoms with van der Waals surface area (Å²) < 4.78 is 0. The Labute approximate surface area is 156 Å². The van der Waals surface area contributed by atoms with Crippen LogP contribution < -0.4 is 5.32 Å². The van der Waals surface area contributed by atoms with Crippen LogP contribution in [-0.2, 0) is 12.8 Å². The summed E-state index contributed by atoms with van der Waals surface area (Å²) in [5.41, 5.74) is 3.86. The summed E-state index contributed by atoms with van der Waals surface area (Å²) in [7, 11) is 0. The molecule has 0 saturated carbocycles. The predicted molar refractivity (Wildman–Crippen MR) is 107 cm³/mol. The number of aryl methyl sites for hydroxylation is 2. The van der Waals surface area contributed by atoms with E-state index in [2.05, 4.69) is 60.8 Å². The summed E-state index contributed by atoms with van der Waals surface area (Å²) in [4.78, 5) is 1.39. The molecule has 25 heavy (non-hydrogen) atoms. The molecule has 0 amide bonds. The molecule has 2 unspecified atom stereocenters. The molecule has 0 aromatic heterocycles. The van der Waals surface area contributed by atoms with E-state index >= 15 is 0 Å². The highest BCUT2D eigenvalue weighted by Crippen LogP contribution is 2.32. The standard InChI is InChI=1S/C22H29NOS/c1-17(23-14-6-5-10-18-8-3-2-4-9-18)22(24)20-12-13-21-19(16-20)11-7-15-25-21/h2-4,8-9,12-13,16-17,22-24H,5-7,10-11,14-15H2,1H3. The van der Waals surface area contributed by atoms with Gasteiger partial charge in [0.1, 0.15) is 0 Å². The highest BCUT2D eigenvalue weighted by molar-refractivity contribution is 7.99. The van der Waals surface area contributed by atoms with Gasteiger partial charge in [0, 0.05) is 10.9 Å². The van der Waals surface area contributed by atoms with E-state index < -0.39 is 6.10 Å². The van der Waals surface area contributed by atoms with E-state index in [0.29, 0.717) is 0 Å². The fourth-order valence-corrected chi connectivity index (χ4v) is 4.41. The van der Waals surface area contributed by atoms with Gasteiger partial charge in [-0.05, 0) is 74.1 Å². The van der Waals surface area contributed by atoms with Crippen LogP contribution in [0.2, 0.25) is 0 Å². The molecular formula is C22H29NOS. The Bertz CT molecular complexity index is 658. The Balaban J connectivity index is 1.42. The van der Waals surface area contributed by atoms with Crippen LogP contribution in [0.25, 0.3) is 0 Å². The largest absolute Gasteiger partial charge is 0.387 e. The maximum absolute atomic E-state index is 10.7. The number of unbranched alkanes of at least 4 members (excludes halogenated alkanes) is 1. The molecular weight excluding hydrogens is 326 g/mol. The van der Waals surface area contributed by atoms with Crippen molar-refractivity contribution in [3.8, 4) is 0 Å². The monoisotopic (exact) mass is 355 g/mol. The molecule has 2 atom stereocenters. The van der Waals surface area contributed by atoms with E-state index in [0.717, 1.165) is 31.4 Å². The molecule has 3 heteroatoms. The summed E-state index contributed by atoms with van der Waals surface area (Å²) in [5.74, 6) is 1.22. The maximum Gasteiger partial charge on any atom is 0.0940 e. The van der Waals surface area contributed by atoms with Crippen molar-refractivity contribution in [1.82, 2.24) is 5.32 Å². The van der Waals surface area contributed by atoms with Gasteiger partial charge in [0.05, 0.1) is 6.10 Å². The first-order chi connectivity index (χ1) is 12.2. The Hall–Kier alpha value is -1.29. The second-order valence-corrected chi connectivity index (χ2v) is 8.09. The van der Waals surface area contributed by atoms with Crippen molar-refractivity contribution in [1.29, 1.82) is 0 Å². The Kier molecular flexibility index (Phi) is 6.97. The van der Waals surface area contributed by atoms with E-state index in [1.54, 1.807) is 0 Å². The summed E-state index contributed by atoms with van der Waals surface area (Å²) in [6, 6.07) is 17.2. The highest BCUT2D eigenvalue weighted by Gasteiger charge is 2.18. The molecule has 0 aliphatic carbocycles. The minimum atomic E-state index is -0.439. The van der Waals surface area contributed by atoms with Gasteiger partial charge >= 0.3 is 0 Å². The average molecular weight is 356 g/mol. The van der Waals surface area contributed by atoms with Crippen LogP contribution in [0.3, 0.4) is 0 Å². The molecule has 1 aliphatic heterocycles. The summed E-state index contributed by atoms with van der Waals surface area (Å²) in [5, 5.41) is 14.1. The van der Waals surface area contributed by atoms with E-state index in [-0.39, 0.29) is 6.04 Å². The van der Waals surface area contributed by atoms with Crippen LogP contribution in [0, 0.1) is 0 Å². The number of nitrogens with one attached hydrogen (secondary N) is 1. The first kappa shape index (κ1) is 18.5. The molecule has 0 saturated heterocycles. The fourth-order valence-electron chi connectivity index (χ4n) is 3.39. The SMILES string of the molecule is CC(NCCCCc1ccccc1)C(O)c1ccc2c(c1)CCCS2. The third kappa shape index (κ3) is 5.34.